The van der Waals surface area contributed by atoms with Crippen molar-refractivity contribution >= 4 is 5.78 Å². The van der Waals surface area contributed by atoms with Crippen LogP contribution in [-0.2, 0) is 11.2 Å². The maximum Gasteiger partial charge on any atom is 0.159 e. The van der Waals surface area contributed by atoms with Gasteiger partial charge in [0.2, 0.25) is 0 Å². The van der Waals surface area contributed by atoms with Gasteiger partial charge in [0, 0.05) is 18.9 Å². The molecular formula is C18H24O2. The monoisotopic (exact) mass is 272 g/mol. The molecule has 108 valence electrons. The van der Waals surface area contributed by atoms with Crippen LogP contribution < -0.4 is 0 Å². The lowest BCUT2D eigenvalue weighted by Crippen LogP contribution is -2.16. The molecule has 20 heavy (non-hydrogen) atoms. The van der Waals surface area contributed by atoms with E-state index in [1.165, 1.54) is 39.5 Å². The molecule has 0 aliphatic heterocycles. The number of hydrogen-bond acceptors (Lipinski definition) is 2. The molecule has 2 heteroatoms. The van der Waals surface area contributed by atoms with Crippen LogP contribution in [0.4, 0.5) is 0 Å². The predicted octanol–water partition coefficient (Wildman–Crippen LogP) is 4.37. The molecule has 0 bridgehead atoms. The average molecular weight is 272 g/mol. The van der Waals surface area contributed by atoms with Gasteiger partial charge in [-0.3, -0.25) is 4.79 Å². The molecule has 0 heterocycles. The van der Waals surface area contributed by atoms with Gasteiger partial charge in [-0.25, -0.2) is 0 Å². The number of rotatable bonds is 2. The first-order valence-electron chi connectivity index (χ1n) is 7.38. The van der Waals surface area contributed by atoms with Crippen molar-refractivity contribution in [2.24, 2.45) is 0 Å². The van der Waals surface area contributed by atoms with Gasteiger partial charge in [0.05, 0.1) is 5.76 Å². The van der Waals surface area contributed by atoms with E-state index in [2.05, 4.69) is 34.6 Å². The van der Waals surface area contributed by atoms with Crippen molar-refractivity contribution in [3.63, 3.8) is 0 Å². The summed E-state index contributed by atoms with van der Waals surface area (Å²) in [7, 11) is 0. The van der Waals surface area contributed by atoms with E-state index in [0.29, 0.717) is 12.8 Å². The number of allylic oxidation sites excluding steroid dienone is 2. The normalized spacial score (nSPS) is 19.1. The topological polar surface area (TPSA) is 37.3 Å². The van der Waals surface area contributed by atoms with Crippen LogP contribution in [0.2, 0.25) is 0 Å². The van der Waals surface area contributed by atoms with E-state index < -0.39 is 0 Å². The number of carbonyl (C=O) groups excluding carboxylic acids is 1. The quantitative estimate of drug-likeness (QED) is 0.868. The van der Waals surface area contributed by atoms with Gasteiger partial charge in [0.1, 0.15) is 0 Å². The summed E-state index contributed by atoms with van der Waals surface area (Å²) in [5.74, 6) is 0.378. The lowest BCUT2D eigenvalue weighted by Gasteiger charge is -2.27. The maximum absolute atomic E-state index is 11.7. The Labute approximate surface area is 121 Å². The summed E-state index contributed by atoms with van der Waals surface area (Å²) < 4.78 is 0. The minimum Gasteiger partial charge on any atom is -0.512 e. The molecule has 0 saturated carbocycles. The van der Waals surface area contributed by atoms with Crippen LogP contribution in [0.3, 0.4) is 0 Å². The number of benzene rings is 1. The zero-order valence-electron chi connectivity index (χ0n) is 13.1. The smallest absolute Gasteiger partial charge is 0.159 e. The van der Waals surface area contributed by atoms with Crippen molar-refractivity contribution in [3.05, 3.63) is 45.2 Å². The van der Waals surface area contributed by atoms with E-state index in [1.807, 2.05) is 0 Å². The van der Waals surface area contributed by atoms with Crippen molar-refractivity contribution in [2.45, 2.75) is 59.8 Å². The van der Waals surface area contributed by atoms with Crippen LogP contribution >= 0.6 is 0 Å². The highest BCUT2D eigenvalue weighted by Gasteiger charge is 2.26. The molecule has 1 aromatic carbocycles. The predicted molar refractivity (Wildman–Crippen MR) is 82.5 cm³/mol. The minimum atomic E-state index is 0.0347. The van der Waals surface area contributed by atoms with E-state index in [0.717, 1.165) is 6.42 Å². The number of aliphatic hydroxyl groups is 1. The number of hydrogen-bond donors (Lipinski definition) is 1. The molecule has 1 unspecified atom stereocenters. The number of carbonyl (C=O) groups is 1. The first-order valence-corrected chi connectivity index (χ1v) is 7.38. The second-order valence-electron chi connectivity index (χ2n) is 5.95. The van der Waals surface area contributed by atoms with Crippen molar-refractivity contribution < 1.29 is 9.90 Å². The standard InChI is InChI=1S/C18H24O2/c1-6-17-10(2)12(4)18(13(5)11(17)3)14-7-15(19)9-16(20)8-14/h9,14,19H,6-8H2,1-5H3. The molecule has 2 rings (SSSR count). The Morgan fingerprint density at radius 3 is 2.05 bits per heavy atom. The Balaban J connectivity index is 2.58. The number of ketones is 1. The van der Waals surface area contributed by atoms with Gasteiger partial charge in [-0.05, 0) is 73.4 Å². The van der Waals surface area contributed by atoms with E-state index in [4.69, 9.17) is 0 Å². The first-order chi connectivity index (χ1) is 9.36. The third-order valence-corrected chi connectivity index (χ3v) is 4.83. The molecule has 1 aliphatic carbocycles. The molecule has 0 spiro atoms. The van der Waals surface area contributed by atoms with Gasteiger partial charge < -0.3 is 5.11 Å². The lowest BCUT2D eigenvalue weighted by molar-refractivity contribution is -0.115. The average Bonchev–Trinajstić information content (AvgIpc) is 2.36. The van der Waals surface area contributed by atoms with Crippen LogP contribution in [0.25, 0.3) is 0 Å². The van der Waals surface area contributed by atoms with Gasteiger partial charge >= 0.3 is 0 Å². The van der Waals surface area contributed by atoms with E-state index in [-0.39, 0.29) is 17.5 Å². The maximum atomic E-state index is 11.7. The largest absolute Gasteiger partial charge is 0.512 e. The molecular weight excluding hydrogens is 248 g/mol. The van der Waals surface area contributed by atoms with Crippen LogP contribution in [0.15, 0.2) is 11.8 Å². The number of aliphatic hydroxyl groups excluding tert-OH is 1. The zero-order valence-corrected chi connectivity index (χ0v) is 13.1. The Kier molecular flexibility index (Phi) is 4.03. The summed E-state index contributed by atoms with van der Waals surface area (Å²) in [4.78, 5) is 11.7. The highest BCUT2D eigenvalue weighted by molar-refractivity contribution is 5.91. The fourth-order valence-electron chi connectivity index (χ4n) is 3.64. The van der Waals surface area contributed by atoms with Gasteiger partial charge in [0.15, 0.2) is 5.78 Å². The molecule has 0 aromatic heterocycles. The molecule has 1 atom stereocenters. The fraction of sp³-hybridized carbons (Fsp3) is 0.500. The summed E-state index contributed by atoms with van der Waals surface area (Å²) in [6.07, 6.45) is 3.50. The van der Waals surface area contributed by atoms with Crippen LogP contribution in [0, 0.1) is 27.7 Å². The van der Waals surface area contributed by atoms with E-state index in [1.54, 1.807) is 0 Å². The van der Waals surface area contributed by atoms with E-state index >= 15 is 0 Å². The summed E-state index contributed by atoms with van der Waals surface area (Å²) in [6.45, 7) is 10.8. The first kappa shape index (κ1) is 14.8. The second-order valence-corrected chi connectivity index (χ2v) is 5.95. The summed E-state index contributed by atoms with van der Waals surface area (Å²) in [5.41, 5.74) is 7.95. The van der Waals surface area contributed by atoms with Crippen molar-refractivity contribution in [3.8, 4) is 0 Å². The van der Waals surface area contributed by atoms with Crippen molar-refractivity contribution in [1.82, 2.24) is 0 Å². The fourth-order valence-corrected chi connectivity index (χ4v) is 3.64. The summed E-state index contributed by atoms with van der Waals surface area (Å²) in [5, 5.41) is 9.77. The molecule has 1 aromatic rings. The minimum absolute atomic E-state index is 0.0347. The SMILES string of the molecule is CCc1c(C)c(C)c(C2CC(=O)C=C(O)C2)c(C)c1C. The molecule has 0 radical (unpaired) electrons. The van der Waals surface area contributed by atoms with Crippen molar-refractivity contribution in [2.75, 3.05) is 0 Å². The van der Waals surface area contributed by atoms with Crippen LogP contribution in [0.5, 0.6) is 0 Å². The van der Waals surface area contributed by atoms with Gasteiger partial charge in [-0.2, -0.15) is 0 Å². The Morgan fingerprint density at radius 1 is 1.05 bits per heavy atom. The summed E-state index contributed by atoms with van der Waals surface area (Å²) >= 11 is 0. The molecule has 0 amide bonds. The second kappa shape index (κ2) is 5.43. The summed E-state index contributed by atoms with van der Waals surface area (Å²) in [6, 6.07) is 0. The third kappa shape index (κ3) is 2.39. The third-order valence-electron chi connectivity index (χ3n) is 4.83. The van der Waals surface area contributed by atoms with Crippen molar-refractivity contribution in [1.29, 1.82) is 0 Å². The molecule has 0 saturated heterocycles. The lowest BCUT2D eigenvalue weighted by atomic mass is 9.77. The molecule has 1 aliphatic rings. The molecule has 2 nitrogen and oxygen atoms in total. The van der Waals surface area contributed by atoms with Crippen LogP contribution in [-0.4, -0.2) is 10.9 Å². The molecule has 1 N–H and O–H groups in total. The Bertz CT molecular complexity index is 565. The Hall–Kier alpha value is -1.57. The highest BCUT2D eigenvalue weighted by Crippen LogP contribution is 2.38. The van der Waals surface area contributed by atoms with Gasteiger partial charge in [-0.15, -0.1) is 0 Å². The zero-order chi connectivity index (χ0) is 15.0. The van der Waals surface area contributed by atoms with E-state index in [9.17, 15) is 9.90 Å². The Morgan fingerprint density at radius 2 is 1.60 bits per heavy atom. The van der Waals surface area contributed by atoms with Crippen LogP contribution in [0.1, 0.15) is 59.1 Å². The van der Waals surface area contributed by atoms with Gasteiger partial charge in [0.25, 0.3) is 0 Å². The highest BCUT2D eigenvalue weighted by atomic mass is 16.3. The molecule has 0 fully saturated rings. The van der Waals surface area contributed by atoms with Gasteiger partial charge in [-0.1, -0.05) is 6.92 Å².